The first-order valence-electron chi connectivity index (χ1n) is 13.3. The Morgan fingerprint density at radius 1 is 1.18 bits per heavy atom. The van der Waals surface area contributed by atoms with Gasteiger partial charge in [0.2, 0.25) is 0 Å². The third-order valence-electron chi connectivity index (χ3n) is 8.18. The third kappa shape index (κ3) is 4.61. The van der Waals surface area contributed by atoms with Gasteiger partial charge in [-0.3, -0.25) is 4.79 Å². The molecule has 2 bridgehead atoms. The number of benzene rings is 2. The fourth-order valence-electron chi connectivity index (χ4n) is 6.18. The van der Waals surface area contributed by atoms with Crippen molar-refractivity contribution in [3.8, 4) is 11.3 Å². The molecule has 2 aliphatic carbocycles. The van der Waals surface area contributed by atoms with E-state index in [1.165, 1.54) is 0 Å². The molecule has 3 heterocycles. The fourth-order valence-corrected chi connectivity index (χ4v) is 7.94. The summed E-state index contributed by atoms with van der Waals surface area (Å²) < 4.78 is 18.5. The lowest BCUT2D eigenvalue weighted by molar-refractivity contribution is -0.129. The molecule has 3 aliphatic rings. The van der Waals surface area contributed by atoms with Crippen LogP contribution in [0, 0.1) is 12.8 Å². The van der Waals surface area contributed by atoms with E-state index in [-0.39, 0.29) is 12.7 Å². The molecule has 3 fully saturated rings. The highest BCUT2D eigenvalue weighted by molar-refractivity contribution is 7.22. The van der Waals surface area contributed by atoms with Crippen molar-refractivity contribution in [1.82, 2.24) is 10.1 Å². The van der Waals surface area contributed by atoms with Crippen molar-refractivity contribution in [1.29, 1.82) is 0 Å². The average molecular weight is 585 g/mol. The molecule has 3 unspecified atom stereocenters. The summed E-state index contributed by atoms with van der Waals surface area (Å²) in [7, 11) is 0. The smallest absolute Gasteiger partial charge is 0.293 e. The Kier molecular flexibility index (Phi) is 6.54. The normalized spacial score (nSPS) is 22.2. The van der Waals surface area contributed by atoms with Gasteiger partial charge in [0.05, 0.1) is 33.0 Å². The molecule has 0 radical (unpaired) electrons. The van der Waals surface area contributed by atoms with Crippen LogP contribution in [0.5, 0.6) is 0 Å². The monoisotopic (exact) mass is 583 g/mol. The van der Waals surface area contributed by atoms with E-state index in [9.17, 15) is 4.79 Å². The first-order valence-corrected chi connectivity index (χ1v) is 14.8. The van der Waals surface area contributed by atoms with E-state index in [0.29, 0.717) is 52.3 Å². The number of hydrogen-bond donors (Lipinski definition) is 0. The van der Waals surface area contributed by atoms with Gasteiger partial charge in [0.25, 0.3) is 6.47 Å². The molecule has 202 valence electrons. The molecule has 10 heteroatoms. The van der Waals surface area contributed by atoms with Crippen molar-refractivity contribution in [3.63, 3.8) is 0 Å². The number of nitrogens with zero attached hydrogens (tertiary/aromatic N) is 3. The fraction of sp³-hybridized carbons (Fsp3) is 0.414. The summed E-state index contributed by atoms with van der Waals surface area (Å²) in [6, 6.07) is 10.0. The molecule has 1 saturated heterocycles. The molecule has 2 saturated carbocycles. The van der Waals surface area contributed by atoms with Crippen molar-refractivity contribution in [2.45, 2.75) is 63.9 Å². The molecule has 4 aromatic rings. The highest BCUT2D eigenvalue weighted by Crippen LogP contribution is 2.48. The maximum absolute atomic E-state index is 10.6. The number of carbonyl (C=O) groups is 1. The molecule has 7 nitrogen and oxygen atoms in total. The summed E-state index contributed by atoms with van der Waals surface area (Å²) in [5, 5.41) is 6.57. The zero-order valence-corrected chi connectivity index (χ0v) is 23.7. The van der Waals surface area contributed by atoms with E-state index in [4.69, 9.17) is 42.2 Å². The molecule has 0 amide bonds. The van der Waals surface area contributed by atoms with Gasteiger partial charge in [-0.25, -0.2) is 4.98 Å². The van der Waals surface area contributed by atoms with Gasteiger partial charge < -0.3 is 18.9 Å². The molecular formula is C29H27Cl2N3O4S. The number of anilines is 1. The lowest BCUT2D eigenvalue weighted by Crippen LogP contribution is -2.38. The molecule has 7 rings (SSSR count). The first kappa shape index (κ1) is 25.3. The Balaban J connectivity index is 1.07. The van der Waals surface area contributed by atoms with Crippen molar-refractivity contribution >= 4 is 56.4 Å². The van der Waals surface area contributed by atoms with Gasteiger partial charge in [0.15, 0.2) is 5.13 Å². The largest absolute Gasteiger partial charge is 0.463 e. The third-order valence-corrected chi connectivity index (χ3v) is 9.85. The van der Waals surface area contributed by atoms with E-state index >= 15 is 0 Å². The number of halogens is 2. The van der Waals surface area contributed by atoms with E-state index < -0.39 is 0 Å². The highest BCUT2D eigenvalue weighted by Gasteiger charge is 2.46. The number of aryl methyl sites for hydroxylation is 1. The van der Waals surface area contributed by atoms with Gasteiger partial charge in [0, 0.05) is 35.5 Å². The Morgan fingerprint density at radius 2 is 2.00 bits per heavy atom. The van der Waals surface area contributed by atoms with Crippen LogP contribution in [0.4, 0.5) is 5.13 Å². The van der Waals surface area contributed by atoms with Gasteiger partial charge in [-0.2, -0.15) is 0 Å². The second-order valence-corrected chi connectivity index (χ2v) is 12.6. The second kappa shape index (κ2) is 10.1. The van der Waals surface area contributed by atoms with Gasteiger partial charge in [0.1, 0.15) is 18.1 Å². The number of carbonyl (C=O) groups excluding carboxylic acids is 1. The Hall–Kier alpha value is -2.65. The lowest BCUT2D eigenvalue weighted by Gasteiger charge is -2.31. The summed E-state index contributed by atoms with van der Waals surface area (Å²) >= 11 is 14.8. The summed E-state index contributed by atoms with van der Waals surface area (Å²) in [4.78, 5) is 18.0. The number of ether oxygens (including phenoxy) is 2. The van der Waals surface area contributed by atoms with Crippen LogP contribution in [0.1, 0.15) is 54.1 Å². The maximum atomic E-state index is 10.6. The molecule has 0 spiro atoms. The van der Waals surface area contributed by atoms with Gasteiger partial charge in [-0.15, -0.1) is 0 Å². The van der Waals surface area contributed by atoms with Crippen LogP contribution in [-0.4, -0.2) is 35.3 Å². The first-order chi connectivity index (χ1) is 19.0. The molecule has 1 aliphatic heterocycles. The number of fused-ring (bicyclic) bond motifs is 3. The Labute approximate surface area is 240 Å². The summed E-state index contributed by atoms with van der Waals surface area (Å²) in [6.45, 7) is 4.18. The summed E-state index contributed by atoms with van der Waals surface area (Å²) in [5.41, 5.74) is 5.48. The maximum Gasteiger partial charge on any atom is 0.293 e. The molecular weight excluding hydrogens is 557 g/mol. The highest BCUT2D eigenvalue weighted by atomic mass is 35.5. The molecule has 3 atom stereocenters. The van der Waals surface area contributed by atoms with Crippen LogP contribution in [0.3, 0.4) is 0 Å². The van der Waals surface area contributed by atoms with Crippen molar-refractivity contribution < 1.29 is 18.8 Å². The predicted octanol–water partition coefficient (Wildman–Crippen LogP) is 7.30. The van der Waals surface area contributed by atoms with Crippen LogP contribution in [-0.2, 0) is 27.5 Å². The minimum atomic E-state index is 0.172. The molecule has 2 aromatic carbocycles. The van der Waals surface area contributed by atoms with Gasteiger partial charge in [-0.1, -0.05) is 51.8 Å². The Morgan fingerprint density at radius 3 is 2.72 bits per heavy atom. The molecule has 39 heavy (non-hydrogen) atoms. The minimum Gasteiger partial charge on any atom is -0.463 e. The zero-order chi connectivity index (χ0) is 26.7. The standard InChI is InChI=1S/C29H27Cl2N3O4S/c1-15-7-16(12-36-14-35)8-24-26(15)32-29(39-24)34-11-18-9-19(34)10-23(18)37-13-20-27(33-38-28(20)17-5-6-17)25-21(30)3-2-4-22(25)31/h2-4,7-8,14,17-19,23H,5-6,9-13H2,1H3. The number of hydrogen-bond acceptors (Lipinski definition) is 8. The average Bonchev–Trinajstić information content (AvgIpc) is 3.24. The van der Waals surface area contributed by atoms with Crippen molar-refractivity contribution in [2.24, 2.45) is 5.92 Å². The number of piperidine rings is 1. The van der Waals surface area contributed by atoms with E-state index in [1.807, 2.05) is 24.3 Å². The predicted molar refractivity (Wildman–Crippen MR) is 152 cm³/mol. The van der Waals surface area contributed by atoms with Gasteiger partial charge in [-0.05, 0) is 61.9 Å². The van der Waals surface area contributed by atoms with Crippen molar-refractivity contribution in [3.05, 3.63) is 62.8 Å². The minimum absolute atomic E-state index is 0.172. The van der Waals surface area contributed by atoms with Gasteiger partial charge >= 0.3 is 0 Å². The summed E-state index contributed by atoms with van der Waals surface area (Å²) in [5.74, 6) is 1.75. The van der Waals surface area contributed by atoms with Crippen molar-refractivity contribution in [2.75, 3.05) is 11.4 Å². The topological polar surface area (TPSA) is 77.7 Å². The van der Waals surface area contributed by atoms with Crippen LogP contribution in [0.2, 0.25) is 10.0 Å². The van der Waals surface area contributed by atoms with Crippen LogP contribution in [0.25, 0.3) is 21.5 Å². The van der Waals surface area contributed by atoms with Crippen LogP contribution >= 0.6 is 34.5 Å². The SMILES string of the molecule is Cc1cc(COC=O)cc2sc(N3CC4CC3CC4OCc3c(-c4c(Cl)cccc4Cl)noc3C3CC3)nc12. The molecule has 2 aromatic heterocycles. The number of thiazole rings is 1. The molecule has 0 N–H and O–H groups in total. The van der Waals surface area contributed by atoms with E-state index in [0.717, 1.165) is 70.0 Å². The van der Waals surface area contributed by atoms with E-state index in [1.54, 1.807) is 11.3 Å². The lowest BCUT2D eigenvalue weighted by atomic mass is 10.0. The quantitative estimate of drug-likeness (QED) is 0.191. The zero-order valence-electron chi connectivity index (χ0n) is 21.4. The number of aromatic nitrogens is 2. The number of rotatable bonds is 9. The van der Waals surface area contributed by atoms with E-state index in [2.05, 4.69) is 23.0 Å². The Bertz CT molecular complexity index is 1550. The second-order valence-electron chi connectivity index (χ2n) is 10.8. The van der Waals surface area contributed by atoms with Crippen LogP contribution in [0.15, 0.2) is 34.9 Å². The summed E-state index contributed by atoms with van der Waals surface area (Å²) in [6.07, 6.45) is 4.44. The van der Waals surface area contributed by atoms with Crippen LogP contribution < -0.4 is 4.90 Å².